The van der Waals surface area contributed by atoms with Crippen molar-refractivity contribution >= 4 is 0 Å². The zero-order chi connectivity index (χ0) is 19.3. The molecule has 0 saturated heterocycles. The van der Waals surface area contributed by atoms with Crippen LogP contribution in [-0.4, -0.2) is 4.98 Å². The molecule has 3 aromatic rings. The van der Waals surface area contributed by atoms with Gasteiger partial charge in [0.2, 0.25) is 0 Å². The van der Waals surface area contributed by atoms with Crippen LogP contribution >= 0.6 is 0 Å². The molecule has 0 aliphatic carbocycles. The highest BCUT2D eigenvalue weighted by Gasteiger charge is 2.29. The second-order valence-electron chi connectivity index (χ2n) is 6.31. The van der Waals surface area contributed by atoms with E-state index in [9.17, 15) is 13.2 Å². The molecule has 0 bridgehead atoms. The molecule has 0 saturated carbocycles. The maximum atomic E-state index is 12.6. The molecule has 5 heteroatoms. The first kappa shape index (κ1) is 19.0. The summed E-state index contributed by atoms with van der Waals surface area (Å²) >= 11 is 0. The van der Waals surface area contributed by atoms with Crippen molar-refractivity contribution in [3.63, 3.8) is 0 Å². The first-order valence-corrected chi connectivity index (χ1v) is 8.80. The third-order valence-electron chi connectivity index (χ3n) is 4.20. The fourth-order valence-corrected chi connectivity index (χ4v) is 2.71. The number of aryl methyl sites for hydroxylation is 1. The monoisotopic (exact) mass is 371 g/mol. The second kappa shape index (κ2) is 8.25. The zero-order valence-corrected chi connectivity index (χ0v) is 15.0. The molecule has 0 radical (unpaired) electrons. The number of ether oxygens (including phenoxy) is 1. The van der Waals surface area contributed by atoms with Crippen molar-refractivity contribution in [3.8, 4) is 17.0 Å². The minimum atomic E-state index is -4.32. The highest BCUT2D eigenvalue weighted by molar-refractivity contribution is 5.60. The van der Waals surface area contributed by atoms with Crippen LogP contribution in [0.3, 0.4) is 0 Å². The lowest BCUT2D eigenvalue weighted by molar-refractivity contribution is -0.137. The first-order chi connectivity index (χ1) is 13.0. The van der Waals surface area contributed by atoms with Crippen LogP contribution in [0.4, 0.5) is 13.2 Å². The summed E-state index contributed by atoms with van der Waals surface area (Å²) in [4.78, 5) is 4.49. The summed E-state index contributed by atoms with van der Waals surface area (Å²) in [6, 6.07) is 16.6. The van der Waals surface area contributed by atoms with E-state index in [0.717, 1.165) is 36.2 Å². The van der Waals surface area contributed by atoms with E-state index in [1.807, 2.05) is 36.5 Å². The van der Waals surface area contributed by atoms with Crippen LogP contribution in [0.5, 0.6) is 5.75 Å². The number of pyridine rings is 1. The van der Waals surface area contributed by atoms with Crippen LogP contribution in [0.1, 0.15) is 30.0 Å². The minimum absolute atomic E-state index is 0.210. The van der Waals surface area contributed by atoms with Gasteiger partial charge in [-0.2, -0.15) is 13.2 Å². The Kier molecular flexibility index (Phi) is 5.79. The Labute approximate surface area is 156 Å². The summed E-state index contributed by atoms with van der Waals surface area (Å²) in [5.74, 6) is 0.654. The summed E-state index contributed by atoms with van der Waals surface area (Å²) < 4.78 is 43.4. The zero-order valence-electron chi connectivity index (χ0n) is 15.0. The number of hydrogen-bond acceptors (Lipinski definition) is 2. The van der Waals surface area contributed by atoms with Gasteiger partial charge in [-0.05, 0) is 60.0 Å². The average molecular weight is 371 g/mol. The van der Waals surface area contributed by atoms with Gasteiger partial charge in [0.1, 0.15) is 12.4 Å². The van der Waals surface area contributed by atoms with Gasteiger partial charge in [-0.1, -0.05) is 31.5 Å². The van der Waals surface area contributed by atoms with Gasteiger partial charge < -0.3 is 4.74 Å². The van der Waals surface area contributed by atoms with Gasteiger partial charge in [-0.25, -0.2) is 0 Å². The Balaban J connectivity index is 1.60. The number of rotatable bonds is 6. The quantitative estimate of drug-likeness (QED) is 0.507. The van der Waals surface area contributed by atoms with Crippen LogP contribution in [0.2, 0.25) is 0 Å². The standard InChI is InChI=1S/C22H20F3NO/c1-2-3-16-6-13-21(26-14-16)18-7-11-20(12-8-18)27-15-17-4-9-19(10-5-17)22(23,24)25/h4-14H,2-3,15H2,1H3. The minimum Gasteiger partial charge on any atom is -0.489 e. The SMILES string of the molecule is CCCc1ccc(-c2ccc(OCc3ccc(C(F)(F)F)cc3)cc2)nc1. The topological polar surface area (TPSA) is 22.1 Å². The lowest BCUT2D eigenvalue weighted by atomic mass is 10.1. The van der Waals surface area contributed by atoms with Crippen molar-refractivity contribution in [1.82, 2.24) is 4.98 Å². The molecule has 1 aromatic heterocycles. The molecule has 1 heterocycles. The van der Waals surface area contributed by atoms with Crippen LogP contribution in [0, 0.1) is 0 Å². The van der Waals surface area contributed by atoms with E-state index in [1.165, 1.54) is 17.7 Å². The van der Waals surface area contributed by atoms with E-state index < -0.39 is 11.7 Å². The normalized spacial score (nSPS) is 11.4. The van der Waals surface area contributed by atoms with E-state index in [2.05, 4.69) is 18.0 Å². The van der Waals surface area contributed by atoms with E-state index >= 15 is 0 Å². The third kappa shape index (κ3) is 5.09. The van der Waals surface area contributed by atoms with E-state index in [1.54, 1.807) is 0 Å². The lowest BCUT2D eigenvalue weighted by Gasteiger charge is -2.10. The summed E-state index contributed by atoms with van der Waals surface area (Å²) in [5.41, 5.74) is 3.12. The third-order valence-corrected chi connectivity index (χ3v) is 4.20. The highest BCUT2D eigenvalue weighted by atomic mass is 19.4. The largest absolute Gasteiger partial charge is 0.489 e. The number of benzene rings is 2. The predicted octanol–water partition coefficient (Wildman–Crippen LogP) is 6.30. The summed E-state index contributed by atoms with van der Waals surface area (Å²) in [5, 5.41) is 0. The molecule has 0 aliphatic heterocycles. The molecule has 0 spiro atoms. The fraction of sp³-hybridized carbons (Fsp3) is 0.227. The molecule has 0 fully saturated rings. The smallest absolute Gasteiger partial charge is 0.416 e. The van der Waals surface area contributed by atoms with Crippen molar-refractivity contribution in [1.29, 1.82) is 0 Å². The predicted molar refractivity (Wildman–Crippen MR) is 99.4 cm³/mol. The Morgan fingerprint density at radius 3 is 2.07 bits per heavy atom. The van der Waals surface area contributed by atoms with Crippen molar-refractivity contribution in [2.75, 3.05) is 0 Å². The number of alkyl halides is 3. The van der Waals surface area contributed by atoms with E-state index in [-0.39, 0.29) is 6.61 Å². The van der Waals surface area contributed by atoms with Gasteiger partial charge in [-0.15, -0.1) is 0 Å². The van der Waals surface area contributed by atoms with Crippen molar-refractivity contribution in [2.45, 2.75) is 32.5 Å². The number of halogens is 3. The molecule has 0 N–H and O–H groups in total. The Bertz CT molecular complexity index is 854. The molecule has 0 unspecified atom stereocenters. The molecule has 2 aromatic carbocycles. The van der Waals surface area contributed by atoms with Crippen LogP contribution in [-0.2, 0) is 19.2 Å². The molecule has 140 valence electrons. The molecule has 3 rings (SSSR count). The van der Waals surface area contributed by atoms with Gasteiger partial charge in [0.15, 0.2) is 0 Å². The maximum Gasteiger partial charge on any atom is 0.416 e. The highest BCUT2D eigenvalue weighted by Crippen LogP contribution is 2.29. The van der Waals surface area contributed by atoms with Crippen molar-refractivity contribution in [3.05, 3.63) is 83.6 Å². The van der Waals surface area contributed by atoms with Gasteiger partial charge in [0.05, 0.1) is 11.3 Å². The molecular formula is C22H20F3NO. The summed E-state index contributed by atoms with van der Waals surface area (Å²) in [7, 11) is 0. The average Bonchev–Trinajstić information content (AvgIpc) is 2.67. The van der Waals surface area contributed by atoms with Gasteiger partial charge in [-0.3, -0.25) is 4.98 Å². The number of nitrogens with zero attached hydrogens (tertiary/aromatic N) is 1. The summed E-state index contributed by atoms with van der Waals surface area (Å²) in [6.45, 7) is 2.35. The van der Waals surface area contributed by atoms with Crippen molar-refractivity contribution in [2.24, 2.45) is 0 Å². The van der Waals surface area contributed by atoms with Crippen LogP contribution < -0.4 is 4.74 Å². The Hall–Kier alpha value is -2.82. The van der Waals surface area contributed by atoms with E-state index in [4.69, 9.17) is 4.74 Å². The Morgan fingerprint density at radius 1 is 0.852 bits per heavy atom. The molecule has 0 aliphatic rings. The van der Waals surface area contributed by atoms with Gasteiger partial charge >= 0.3 is 6.18 Å². The number of aromatic nitrogens is 1. The molecule has 27 heavy (non-hydrogen) atoms. The maximum absolute atomic E-state index is 12.6. The first-order valence-electron chi connectivity index (χ1n) is 8.80. The van der Waals surface area contributed by atoms with Crippen molar-refractivity contribution < 1.29 is 17.9 Å². The fourth-order valence-electron chi connectivity index (χ4n) is 2.71. The molecule has 0 amide bonds. The van der Waals surface area contributed by atoms with Gasteiger partial charge in [0.25, 0.3) is 0 Å². The summed E-state index contributed by atoms with van der Waals surface area (Å²) in [6.07, 6.45) is -0.318. The van der Waals surface area contributed by atoms with Crippen LogP contribution in [0.15, 0.2) is 66.9 Å². The number of hydrogen-bond donors (Lipinski definition) is 0. The van der Waals surface area contributed by atoms with E-state index in [0.29, 0.717) is 11.3 Å². The molecular weight excluding hydrogens is 351 g/mol. The van der Waals surface area contributed by atoms with Crippen LogP contribution in [0.25, 0.3) is 11.3 Å². The lowest BCUT2D eigenvalue weighted by Crippen LogP contribution is -2.05. The molecule has 2 nitrogen and oxygen atoms in total. The van der Waals surface area contributed by atoms with Gasteiger partial charge in [0, 0.05) is 11.8 Å². The second-order valence-corrected chi connectivity index (χ2v) is 6.31. The Morgan fingerprint density at radius 2 is 1.52 bits per heavy atom. The molecule has 0 atom stereocenters.